The third kappa shape index (κ3) is 2110. The second-order valence-electron chi connectivity index (χ2n) is 0. The van der Waals surface area contributed by atoms with E-state index in [0.717, 1.165) is 0 Å². The van der Waals surface area contributed by atoms with Gasteiger partial charge in [-0.25, -0.2) is 0 Å². The van der Waals surface area contributed by atoms with E-state index in [-0.39, 0.29) is 35.0 Å². The third-order valence-electron chi connectivity index (χ3n) is 0. The molecule has 0 saturated heterocycles. The monoisotopic (exact) mass is 216 g/mol. The Morgan fingerprint density at radius 1 is 0.556 bits per heavy atom. The average molecular weight is 216 g/mol. The predicted octanol–water partition coefficient (Wildman–Crippen LogP) is 0.0758. The molecule has 0 spiro atoms. The van der Waals surface area contributed by atoms with Gasteiger partial charge < -0.3 is 29.2 Å². The molecule has 0 radical (unpaired) electrons. The maximum Gasteiger partial charge on any atom is 5.00 e. The minimum atomic E-state index is 0. The summed E-state index contributed by atoms with van der Waals surface area (Å²) in [6.07, 6.45) is 0. The van der Waals surface area contributed by atoms with Crippen molar-refractivity contribution in [3.63, 3.8) is 0 Å². The molecule has 0 unspecified atom stereocenters. The van der Waals surface area contributed by atoms with Crippen LogP contribution in [0.15, 0.2) is 0 Å². The molecule has 9 heavy (non-hydrogen) atoms. The van der Waals surface area contributed by atoms with Crippen LogP contribution >= 0.6 is 0 Å². The van der Waals surface area contributed by atoms with Gasteiger partial charge in [-0.15, -0.1) is 0 Å². The van der Waals surface area contributed by atoms with Gasteiger partial charge in [0, 0.05) is 0 Å². The van der Waals surface area contributed by atoms with Crippen LogP contribution in [0.2, 0.25) is 0 Å². The molecule has 0 aromatic heterocycles. The first-order valence-corrected chi connectivity index (χ1v) is 0.707. The summed E-state index contributed by atoms with van der Waals surface area (Å²) in [7, 11) is 0. The van der Waals surface area contributed by atoms with Gasteiger partial charge in [0.05, 0.1) is 0 Å². The molecule has 4 heteroatoms. The topological polar surface area (TPSA) is 51.2 Å². The Kier molecular flexibility index (Phi) is 23400. The number of hydrogen-bond donors (Lipinski definition) is 0. The van der Waals surface area contributed by atoms with Gasteiger partial charge in [0.2, 0.25) is 0 Å². The molecule has 0 aliphatic carbocycles. The number of rotatable bonds is 0. The van der Waals surface area contributed by atoms with E-state index in [1.807, 2.05) is 0 Å². The van der Waals surface area contributed by atoms with Gasteiger partial charge in [0.15, 0.2) is 0 Å². The van der Waals surface area contributed by atoms with E-state index in [1.165, 1.54) is 0 Å². The first kappa shape index (κ1) is 71.8. The van der Waals surface area contributed by atoms with Crippen molar-refractivity contribution in [1.29, 1.82) is 0 Å². The van der Waals surface area contributed by atoms with Crippen molar-refractivity contribution in [2.75, 3.05) is 0 Å². The molecular formula is C5H9O3Tc. The molecule has 0 amide bonds. The van der Waals surface area contributed by atoms with Crippen LogP contribution in [0, 0.1) is 14.9 Å². The zero-order chi connectivity index (χ0) is 6.00. The first-order chi connectivity index (χ1) is 3.00. The Labute approximate surface area is 70.2 Å². The third-order valence-corrected chi connectivity index (χ3v) is 0. The molecule has 0 bridgehead atoms. The quantitative estimate of drug-likeness (QED) is 0.425. The minimum Gasteiger partial charge on any atom is -0.545 e. The van der Waals surface area contributed by atoms with Crippen LogP contribution in [0.4, 0.5) is 0 Å². The summed E-state index contributed by atoms with van der Waals surface area (Å²) in [5.74, 6) is 0. The average Bonchev–Trinajstić information content (AvgIpc) is 1.81. The van der Waals surface area contributed by atoms with Crippen molar-refractivity contribution >= 4 is 20.4 Å². The fraction of sp³-hybridized carbons (Fsp3) is 0. The minimum absolute atomic E-state index is 0. The Hall–Kier alpha value is -0.341. The fourth-order valence-corrected chi connectivity index (χ4v) is 0. The zero-order valence-electron chi connectivity index (χ0n) is 5.33. The molecule has 0 fully saturated rings. The van der Waals surface area contributed by atoms with Crippen molar-refractivity contribution in [1.82, 2.24) is 0 Å². The normalized spacial score (nSPS) is 1.33. The molecule has 0 heterocycles. The fourth-order valence-electron chi connectivity index (χ4n) is 0. The molecule has 0 aliphatic heterocycles. The van der Waals surface area contributed by atoms with Gasteiger partial charge >= 0.3 is 20.1 Å². The van der Waals surface area contributed by atoms with E-state index in [9.17, 15) is 0 Å². The second-order valence-corrected chi connectivity index (χ2v) is 0. The van der Waals surface area contributed by atoms with Gasteiger partial charge in [0.1, 0.15) is 0 Å². The molecule has 54 valence electrons. The van der Waals surface area contributed by atoms with Crippen molar-refractivity contribution in [3.8, 4) is 0 Å². The molecule has 3 nitrogen and oxygen atoms in total. The smallest absolute Gasteiger partial charge is 0.545 e. The van der Waals surface area contributed by atoms with Crippen LogP contribution in [-0.4, -0.2) is 20.4 Å². The Bertz CT molecular complexity index is 16.9. The maximum absolute atomic E-state index is 7.75. The SMILES string of the molecule is [99Tc+5].[CH-]=O.[CH-]=O.[CH-]=O.[CH3-].[CH3-]. The van der Waals surface area contributed by atoms with Gasteiger partial charge in [-0.1, -0.05) is 0 Å². The molecule has 0 saturated carbocycles. The standard InChI is InChI=1S/3CHO.2CH3.Tc/c3*1-2;;;/h3*1H;2*1H3;/q5*-1;+5/i;;;;;1+1. The molecule has 0 rings (SSSR count). The van der Waals surface area contributed by atoms with Crippen molar-refractivity contribution in [2.24, 2.45) is 0 Å². The van der Waals surface area contributed by atoms with Crippen LogP contribution in [0.5, 0.6) is 0 Å². The molecule has 0 aromatic rings. The molecular weight excluding hydrogens is 207 g/mol. The van der Waals surface area contributed by atoms with Gasteiger partial charge in [-0.3, -0.25) is 20.4 Å². The largest absolute Gasteiger partial charge is 5.00 e. The van der Waals surface area contributed by atoms with Gasteiger partial charge in [-0.05, 0) is 0 Å². The zero-order valence-corrected chi connectivity index (χ0v) is 7.19. The van der Waals surface area contributed by atoms with E-state index in [4.69, 9.17) is 14.4 Å². The molecule has 0 aliphatic rings. The summed E-state index contributed by atoms with van der Waals surface area (Å²) in [4.78, 5) is 23.2. The maximum atomic E-state index is 7.75. The summed E-state index contributed by atoms with van der Waals surface area (Å²) in [5.41, 5.74) is 0. The van der Waals surface area contributed by atoms with Crippen LogP contribution in [0.25, 0.3) is 0 Å². The Balaban J connectivity index is -0.00000000321. The van der Waals surface area contributed by atoms with Gasteiger partial charge in [-0.2, -0.15) is 0 Å². The van der Waals surface area contributed by atoms with Crippen LogP contribution in [0.3, 0.4) is 0 Å². The van der Waals surface area contributed by atoms with Crippen LogP contribution in [0.1, 0.15) is 0 Å². The Morgan fingerprint density at radius 2 is 0.556 bits per heavy atom. The summed E-state index contributed by atoms with van der Waals surface area (Å²) in [6.45, 7) is 9.75. The first-order valence-electron chi connectivity index (χ1n) is 0.707. The van der Waals surface area contributed by atoms with E-state index in [1.54, 1.807) is 0 Å². The van der Waals surface area contributed by atoms with E-state index < -0.39 is 0 Å². The second kappa shape index (κ2) is 2930. The summed E-state index contributed by atoms with van der Waals surface area (Å²) < 4.78 is 0. The van der Waals surface area contributed by atoms with Gasteiger partial charge in [0.25, 0.3) is 0 Å². The van der Waals surface area contributed by atoms with Crippen LogP contribution < -0.4 is 0 Å². The van der Waals surface area contributed by atoms with E-state index in [0.29, 0.717) is 0 Å². The summed E-state index contributed by atoms with van der Waals surface area (Å²) in [5, 5.41) is 0. The van der Waals surface area contributed by atoms with Crippen molar-refractivity contribution in [3.05, 3.63) is 14.9 Å². The molecule has 0 atom stereocenters. The summed E-state index contributed by atoms with van der Waals surface area (Å²) >= 11 is 0. The van der Waals surface area contributed by atoms with Crippen molar-refractivity contribution < 1.29 is 34.5 Å². The van der Waals surface area contributed by atoms with E-state index >= 15 is 0 Å². The number of carbonyl (C=O) groups excluding carboxylic acids is 3. The van der Waals surface area contributed by atoms with Crippen molar-refractivity contribution in [2.45, 2.75) is 0 Å². The Morgan fingerprint density at radius 3 is 0.556 bits per heavy atom. The number of hydrogen-bond acceptors (Lipinski definition) is 3. The van der Waals surface area contributed by atoms with Crippen LogP contribution in [-0.2, 0) is 34.5 Å². The van der Waals surface area contributed by atoms with E-state index in [2.05, 4.69) is 20.4 Å². The molecule has 0 N–H and O–H groups in total. The summed E-state index contributed by atoms with van der Waals surface area (Å²) in [6, 6.07) is 0. The predicted molar refractivity (Wildman–Crippen MR) is 33.1 cm³/mol. The molecule has 0 aromatic carbocycles.